The molecule has 0 aromatic carbocycles. The Morgan fingerprint density at radius 3 is 2.85 bits per heavy atom. The lowest BCUT2D eigenvalue weighted by molar-refractivity contribution is 0.00696. The molecule has 1 aliphatic rings. The largest absolute Gasteiger partial charge is 0.379 e. The zero-order chi connectivity index (χ0) is 9.52. The van der Waals surface area contributed by atoms with E-state index in [9.17, 15) is 0 Å². The molecule has 0 aromatic rings. The monoisotopic (exact) mass is 187 g/mol. The first-order valence-corrected chi connectivity index (χ1v) is 5.19. The van der Waals surface area contributed by atoms with Crippen LogP contribution in [0.4, 0.5) is 0 Å². The van der Waals surface area contributed by atoms with Gasteiger partial charge in [-0.05, 0) is 18.9 Å². The van der Waals surface area contributed by atoms with E-state index < -0.39 is 0 Å². The fourth-order valence-electron chi connectivity index (χ4n) is 1.36. The lowest BCUT2D eigenvalue weighted by Crippen LogP contribution is -2.19. The van der Waals surface area contributed by atoms with Crippen LogP contribution in [0.5, 0.6) is 0 Å². The van der Waals surface area contributed by atoms with Crippen LogP contribution in [0.3, 0.4) is 0 Å². The van der Waals surface area contributed by atoms with Crippen LogP contribution < -0.4 is 5.32 Å². The van der Waals surface area contributed by atoms with Crippen LogP contribution in [0.1, 0.15) is 20.3 Å². The van der Waals surface area contributed by atoms with Crippen molar-refractivity contribution in [2.45, 2.75) is 26.4 Å². The van der Waals surface area contributed by atoms with Gasteiger partial charge in [0.1, 0.15) is 0 Å². The molecule has 78 valence electrons. The number of hydrogen-bond donors (Lipinski definition) is 1. The van der Waals surface area contributed by atoms with Crippen molar-refractivity contribution >= 4 is 0 Å². The molecule has 1 rings (SSSR count). The second-order valence-electron chi connectivity index (χ2n) is 3.95. The Kier molecular flexibility index (Phi) is 5.35. The molecule has 0 amide bonds. The predicted molar refractivity (Wildman–Crippen MR) is 52.9 cm³/mol. The minimum atomic E-state index is 0.419. The molecule has 0 spiro atoms. The Morgan fingerprint density at radius 1 is 1.38 bits per heavy atom. The van der Waals surface area contributed by atoms with Crippen LogP contribution in [0.25, 0.3) is 0 Å². The van der Waals surface area contributed by atoms with E-state index >= 15 is 0 Å². The molecule has 1 heterocycles. The first-order valence-electron chi connectivity index (χ1n) is 5.19. The van der Waals surface area contributed by atoms with Gasteiger partial charge in [0.05, 0.1) is 19.3 Å². The summed E-state index contributed by atoms with van der Waals surface area (Å²) in [6.07, 6.45) is 1.56. The van der Waals surface area contributed by atoms with Gasteiger partial charge in [0, 0.05) is 13.2 Å². The average Bonchev–Trinajstić information content (AvgIpc) is 2.55. The third kappa shape index (κ3) is 5.24. The summed E-state index contributed by atoms with van der Waals surface area (Å²) in [7, 11) is 0. The van der Waals surface area contributed by atoms with Gasteiger partial charge >= 0.3 is 0 Å². The summed E-state index contributed by atoms with van der Waals surface area (Å²) in [6, 6.07) is 0. The Labute approximate surface area is 80.8 Å². The van der Waals surface area contributed by atoms with Crippen molar-refractivity contribution in [3.05, 3.63) is 0 Å². The van der Waals surface area contributed by atoms with E-state index in [1.54, 1.807) is 0 Å². The van der Waals surface area contributed by atoms with Gasteiger partial charge in [0.25, 0.3) is 0 Å². The SMILES string of the molecule is CC(C)COCCO[C@H]1CCNC1. The highest BCUT2D eigenvalue weighted by atomic mass is 16.5. The Balaban J connectivity index is 1.83. The summed E-state index contributed by atoms with van der Waals surface area (Å²) in [4.78, 5) is 0. The predicted octanol–water partition coefficient (Wildman–Crippen LogP) is 1.04. The summed E-state index contributed by atoms with van der Waals surface area (Å²) < 4.78 is 11.0. The molecule has 3 heteroatoms. The van der Waals surface area contributed by atoms with Crippen LogP contribution in [0.15, 0.2) is 0 Å². The summed E-state index contributed by atoms with van der Waals surface area (Å²) >= 11 is 0. The third-order valence-corrected chi connectivity index (χ3v) is 2.05. The van der Waals surface area contributed by atoms with Crippen molar-refractivity contribution in [3.63, 3.8) is 0 Å². The minimum absolute atomic E-state index is 0.419. The molecule has 0 saturated carbocycles. The maximum absolute atomic E-state index is 5.60. The fourth-order valence-corrected chi connectivity index (χ4v) is 1.36. The van der Waals surface area contributed by atoms with Gasteiger partial charge in [-0.1, -0.05) is 13.8 Å². The van der Waals surface area contributed by atoms with Crippen molar-refractivity contribution in [3.8, 4) is 0 Å². The van der Waals surface area contributed by atoms with Gasteiger partial charge in [-0.15, -0.1) is 0 Å². The van der Waals surface area contributed by atoms with Gasteiger partial charge < -0.3 is 14.8 Å². The molecule has 13 heavy (non-hydrogen) atoms. The summed E-state index contributed by atoms with van der Waals surface area (Å²) in [5, 5.41) is 3.27. The highest BCUT2D eigenvalue weighted by Crippen LogP contribution is 2.02. The lowest BCUT2D eigenvalue weighted by Gasteiger charge is -2.11. The highest BCUT2D eigenvalue weighted by molar-refractivity contribution is 4.70. The maximum atomic E-state index is 5.60. The van der Waals surface area contributed by atoms with Gasteiger partial charge in [-0.2, -0.15) is 0 Å². The average molecular weight is 187 g/mol. The standard InChI is InChI=1S/C10H21NO2/c1-9(2)8-12-5-6-13-10-3-4-11-7-10/h9-11H,3-8H2,1-2H3/t10-/m0/s1. The van der Waals surface area contributed by atoms with E-state index in [2.05, 4.69) is 19.2 Å². The molecule has 1 fully saturated rings. The molecule has 0 aromatic heterocycles. The van der Waals surface area contributed by atoms with E-state index in [0.29, 0.717) is 12.0 Å². The zero-order valence-electron chi connectivity index (χ0n) is 8.71. The molecule has 0 aliphatic carbocycles. The Bertz CT molecular complexity index is 122. The molecule has 0 unspecified atom stereocenters. The molecule has 0 radical (unpaired) electrons. The number of hydrogen-bond acceptors (Lipinski definition) is 3. The third-order valence-electron chi connectivity index (χ3n) is 2.05. The van der Waals surface area contributed by atoms with Crippen molar-refractivity contribution in [1.29, 1.82) is 0 Å². The Morgan fingerprint density at radius 2 is 2.23 bits per heavy atom. The molecule has 1 N–H and O–H groups in total. The Hall–Kier alpha value is -0.120. The van der Waals surface area contributed by atoms with E-state index in [1.165, 1.54) is 0 Å². The minimum Gasteiger partial charge on any atom is -0.379 e. The molecule has 0 bridgehead atoms. The second-order valence-corrected chi connectivity index (χ2v) is 3.95. The van der Waals surface area contributed by atoms with Gasteiger partial charge in [-0.3, -0.25) is 0 Å². The molecule has 3 nitrogen and oxygen atoms in total. The number of rotatable bonds is 6. The molecular formula is C10H21NO2. The van der Waals surface area contributed by atoms with Crippen molar-refractivity contribution in [2.24, 2.45) is 5.92 Å². The van der Waals surface area contributed by atoms with Crippen molar-refractivity contribution < 1.29 is 9.47 Å². The van der Waals surface area contributed by atoms with E-state index in [0.717, 1.165) is 39.3 Å². The lowest BCUT2D eigenvalue weighted by atomic mass is 10.2. The fraction of sp³-hybridized carbons (Fsp3) is 1.00. The number of ether oxygens (including phenoxy) is 2. The molecule has 1 saturated heterocycles. The molecular weight excluding hydrogens is 166 g/mol. The highest BCUT2D eigenvalue weighted by Gasteiger charge is 2.13. The van der Waals surface area contributed by atoms with Crippen LogP contribution in [-0.4, -0.2) is 39.0 Å². The van der Waals surface area contributed by atoms with Crippen molar-refractivity contribution in [2.75, 3.05) is 32.9 Å². The summed E-state index contributed by atoms with van der Waals surface area (Å²) in [5.74, 6) is 0.619. The topological polar surface area (TPSA) is 30.5 Å². The molecule has 1 aliphatic heterocycles. The van der Waals surface area contributed by atoms with Crippen LogP contribution in [-0.2, 0) is 9.47 Å². The van der Waals surface area contributed by atoms with Gasteiger partial charge in [0.2, 0.25) is 0 Å². The van der Waals surface area contributed by atoms with E-state index in [-0.39, 0.29) is 0 Å². The van der Waals surface area contributed by atoms with Crippen LogP contribution >= 0.6 is 0 Å². The first-order chi connectivity index (χ1) is 6.29. The van der Waals surface area contributed by atoms with Gasteiger partial charge in [0.15, 0.2) is 0 Å². The molecule has 1 atom stereocenters. The summed E-state index contributed by atoms with van der Waals surface area (Å²) in [6.45, 7) is 8.71. The van der Waals surface area contributed by atoms with Crippen LogP contribution in [0.2, 0.25) is 0 Å². The second kappa shape index (κ2) is 6.35. The van der Waals surface area contributed by atoms with E-state index in [4.69, 9.17) is 9.47 Å². The maximum Gasteiger partial charge on any atom is 0.0712 e. The van der Waals surface area contributed by atoms with Gasteiger partial charge in [-0.25, -0.2) is 0 Å². The number of nitrogens with one attached hydrogen (secondary N) is 1. The quantitative estimate of drug-likeness (QED) is 0.630. The van der Waals surface area contributed by atoms with Crippen molar-refractivity contribution in [1.82, 2.24) is 5.32 Å². The smallest absolute Gasteiger partial charge is 0.0712 e. The zero-order valence-corrected chi connectivity index (χ0v) is 8.71. The van der Waals surface area contributed by atoms with E-state index in [1.807, 2.05) is 0 Å². The van der Waals surface area contributed by atoms with Crippen LogP contribution in [0, 0.1) is 5.92 Å². The normalized spacial score (nSPS) is 22.8. The first kappa shape index (κ1) is 11.0. The summed E-state index contributed by atoms with van der Waals surface area (Å²) in [5.41, 5.74) is 0.